The Labute approximate surface area is 246 Å². The Balaban J connectivity index is 1.01. The predicted molar refractivity (Wildman–Crippen MR) is 143 cm³/mol. The molecular formula is C42H38. The van der Waals surface area contributed by atoms with E-state index in [1.165, 1.54) is 65.1 Å². The van der Waals surface area contributed by atoms with Gasteiger partial charge in [0, 0.05) is 0 Å². The number of rotatable bonds is 0. The van der Waals surface area contributed by atoms with E-state index in [1.807, 2.05) is 0 Å². The summed E-state index contributed by atoms with van der Waals surface area (Å²) >= 11 is 0. The molecule has 0 aliphatic heterocycles. The summed E-state index contributed by atoms with van der Waals surface area (Å²) in [5, 5.41) is 0. The average molecular weight is 543 g/mol. The highest BCUT2D eigenvalue weighted by molar-refractivity contribution is 6.07. The van der Waals surface area contributed by atoms with Gasteiger partial charge in [-0.05, 0) is 198 Å². The van der Waals surface area contributed by atoms with E-state index in [0.29, 0.717) is 16.2 Å². The normalized spacial score (nSPS) is 126. The van der Waals surface area contributed by atoms with Crippen molar-refractivity contribution in [2.24, 2.45) is 185 Å². The number of fused-ring (bicyclic) bond motifs is 12. The fraction of sp³-hybridized carbons (Fsp3) is 1.00. The van der Waals surface area contributed by atoms with Gasteiger partial charge in [-0.2, -0.15) is 0 Å². The maximum absolute atomic E-state index is 3.15. The molecule has 28 unspecified atom stereocenters. The van der Waals surface area contributed by atoms with Crippen LogP contribution in [0.4, 0.5) is 0 Å². The van der Waals surface area contributed by atoms with E-state index in [0.717, 1.165) is 104 Å². The molecule has 0 heteroatoms. The molecule has 0 N–H and O–H groups in total. The molecule has 0 aromatic rings. The van der Waals surface area contributed by atoms with Crippen LogP contribution in [0.15, 0.2) is 0 Å². The minimum atomic E-state index is 0.698. The molecule has 206 valence electrons. The summed E-state index contributed by atoms with van der Waals surface area (Å²) in [6, 6.07) is 0. The third-order valence-corrected chi connectivity index (χ3v) is 34.2. The first-order valence-electron chi connectivity index (χ1n) is 20.1. The zero-order valence-electron chi connectivity index (χ0n) is 25.9. The highest BCUT2D eigenvalue weighted by Gasteiger charge is 3.63. The molecule has 24 fully saturated rings. The van der Waals surface area contributed by atoms with Crippen LogP contribution >= 0.6 is 0 Å². The zero-order chi connectivity index (χ0) is 25.9. The molecule has 0 nitrogen and oxygen atoms in total. The minimum Gasteiger partial charge on any atom is -0.0616 e. The summed E-state index contributed by atoms with van der Waals surface area (Å²) in [6.07, 6.45) is 3.55. The maximum Gasteiger partial charge on any atom is -0.000418 e. The first-order chi connectivity index (χ1) is 20.1. The van der Waals surface area contributed by atoms with Crippen molar-refractivity contribution in [3.8, 4) is 0 Å². The van der Waals surface area contributed by atoms with Crippen molar-refractivity contribution in [1.82, 2.24) is 0 Å². The van der Waals surface area contributed by atoms with Crippen LogP contribution in [0.1, 0.15) is 61.3 Å². The van der Waals surface area contributed by atoms with E-state index in [1.54, 1.807) is 12.8 Å². The first-order valence-corrected chi connectivity index (χ1v) is 20.1. The van der Waals surface area contributed by atoms with Gasteiger partial charge in [0.2, 0.25) is 0 Å². The van der Waals surface area contributed by atoms with E-state index in [4.69, 9.17) is 0 Å². The third-order valence-electron chi connectivity index (χ3n) is 34.2. The fourth-order valence-electron chi connectivity index (χ4n) is 41.2. The van der Waals surface area contributed by atoms with Crippen molar-refractivity contribution in [2.75, 3.05) is 0 Å². The zero-order valence-corrected chi connectivity index (χ0v) is 25.9. The van der Waals surface area contributed by atoms with Gasteiger partial charge in [-0.25, -0.2) is 0 Å². The molecule has 0 heterocycles. The molecule has 0 radical (unpaired) electrons. The second-order valence-corrected chi connectivity index (χ2v) is 25.8. The molecule has 0 aromatic heterocycles. The summed E-state index contributed by atoms with van der Waals surface area (Å²) < 4.78 is 0. The fourth-order valence-corrected chi connectivity index (χ4v) is 41.2. The van der Waals surface area contributed by atoms with Gasteiger partial charge in [-0.1, -0.05) is 48.5 Å². The van der Waals surface area contributed by atoms with Crippen molar-refractivity contribution in [1.29, 1.82) is 0 Å². The Hall–Kier alpha value is 0. The predicted octanol–water partition coefficient (Wildman–Crippen LogP) is 5.97. The summed E-state index contributed by atoms with van der Waals surface area (Å²) in [4.78, 5) is 0. The summed E-state index contributed by atoms with van der Waals surface area (Å²) in [6.45, 7) is 21.3. The molecule has 0 amide bonds. The Kier molecular flexibility index (Phi) is 1.01. The topological polar surface area (TPSA) is 0 Å². The third kappa shape index (κ3) is 0.371. The van der Waals surface area contributed by atoms with Gasteiger partial charge in [0.15, 0.2) is 0 Å². The molecule has 24 aliphatic rings. The van der Waals surface area contributed by atoms with Crippen LogP contribution in [-0.4, -0.2) is 0 Å². The smallest absolute Gasteiger partial charge is 0.000418 e. The SMILES string of the molecule is CC1C2C3C4CC5C6C7C8C9CC%10C%11C%12C(C)C%13(C)C%14(C)C%15(C)C%16(C)C1(C)C21C32C45C63C74C85C%109C%116C%12%13C%147C65C45C23C%161C%1575. The van der Waals surface area contributed by atoms with Crippen molar-refractivity contribution in [3.63, 3.8) is 0 Å². The van der Waals surface area contributed by atoms with Crippen LogP contribution in [0.3, 0.4) is 0 Å². The van der Waals surface area contributed by atoms with Gasteiger partial charge in [0.05, 0.1) is 0 Å². The van der Waals surface area contributed by atoms with Crippen molar-refractivity contribution in [3.05, 3.63) is 0 Å². The minimum absolute atomic E-state index is 0.698. The lowest BCUT2D eigenvalue weighted by Gasteiger charge is -3.61. The molecule has 42 heavy (non-hydrogen) atoms. The van der Waals surface area contributed by atoms with E-state index in [2.05, 4.69) is 48.5 Å². The van der Waals surface area contributed by atoms with Gasteiger partial charge < -0.3 is 0 Å². The Morgan fingerprint density at radius 1 is 0.357 bits per heavy atom. The van der Waals surface area contributed by atoms with Gasteiger partial charge in [-0.3, -0.25) is 0 Å². The molecule has 24 saturated carbocycles. The van der Waals surface area contributed by atoms with Crippen LogP contribution in [0.2, 0.25) is 0 Å². The first kappa shape index (κ1) is 16.7. The highest BCUT2D eigenvalue weighted by Crippen LogP contribution is 3.64. The molecule has 0 bridgehead atoms. The summed E-state index contributed by atoms with van der Waals surface area (Å²) in [5.74, 6) is 16.3. The van der Waals surface area contributed by atoms with E-state index < -0.39 is 0 Å². The van der Waals surface area contributed by atoms with Gasteiger partial charge in [-0.15, -0.1) is 0 Å². The van der Waals surface area contributed by atoms with E-state index in [-0.39, 0.29) is 0 Å². The van der Waals surface area contributed by atoms with Crippen molar-refractivity contribution < 1.29 is 0 Å². The second-order valence-electron chi connectivity index (χ2n) is 25.8. The quantitative estimate of drug-likeness (QED) is 0.354. The number of hydrogen-bond acceptors (Lipinski definition) is 0. The summed E-state index contributed by atoms with van der Waals surface area (Å²) in [5.41, 5.74) is 18.2. The molecule has 24 rings (SSSR count). The lowest BCUT2D eigenvalue weighted by molar-refractivity contribution is -1.17. The van der Waals surface area contributed by atoms with Gasteiger partial charge in [0.1, 0.15) is 0 Å². The lowest BCUT2D eigenvalue weighted by atomic mass is 8.41. The average Bonchev–Trinajstić information content (AvgIpc) is 2.89. The van der Waals surface area contributed by atoms with Crippen molar-refractivity contribution in [2.45, 2.75) is 61.3 Å². The van der Waals surface area contributed by atoms with Crippen LogP contribution < -0.4 is 0 Å². The van der Waals surface area contributed by atoms with Crippen LogP contribution in [-0.2, 0) is 0 Å². The van der Waals surface area contributed by atoms with Crippen LogP contribution in [0, 0.1) is 185 Å². The molecule has 0 aromatic carbocycles. The molecule has 24 aliphatic carbocycles. The standard InChI is InChI=1S/C42H38/c1-10-16-18-12-8-14-20-22-21-15-9-13-19-17-11(2)24(4)26(6)27(7)25(5)23(10,3)30(16)32(18)28(12,14)34(20)36(22)35(21)29(13,15)33(19)31(17,24)38(26)39(27)37(25,30)40(32,34)42(36,39)41(33,35)38/h10-22H,8-9H2,1-7H3. The Morgan fingerprint density at radius 2 is 0.762 bits per heavy atom. The van der Waals surface area contributed by atoms with Crippen molar-refractivity contribution >= 4 is 0 Å². The van der Waals surface area contributed by atoms with Gasteiger partial charge in [0.25, 0.3) is 0 Å². The van der Waals surface area contributed by atoms with Crippen LogP contribution in [0.25, 0.3) is 0 Å². The largest absolute Gasteiger partial charge is 0.0616 e. The molecule has 15 spiro atoms. The number of hydrogen-bond donors (Lipinski definition) is 0. The van der Waals surface area contributed by atoms with Gasteiger partial charge >= 0.3 is 0 Å². The lowest BCUT2D eigenvalue weighted by Crippen LogP contribution is -3.60. The molecule has 28 atom stereocenters. The highest BCUT2D eigenvalue weighted by atomic mass is 15.6. The monoisotopic (exact) mass is 542 g/mol. The Morgan fingerprint density at radius 3 is 1.21 bits per heavy atom. The maximum atomic E-state index is 3.15. The second kappa shape index (κ2) is 2.53. The Bertz CT molecular complexity index is 2100. The summed E-state index contributed by atoms with van der Waals surface area (Å²) in [7, 11) is 0. The molecular weight excluding hydrogens is 504 g/mol. The van der Waals surface area contributed by atoms with Crippen LogP contribution in [0.5, 0.6) is 0 Å². The molecule has 0 saturated heterocycles. The van der Waals surface area contributed by atoms with E-state index in [9.17, 15) is 0 Å². The van der Waals surface area contributed by atoms with E-state index >= 15 is 0 Å².